The van der Waals surface area contributed by atoms with E-state index in [4.69, 9.17) is 11.6 Å². The van der Waals surface area contributed by atoms with Gasteiger partial charge in [0.05, 0.1) is 0 Å². The van der Waals surface area contributed by atoms with Crippen LogP contribution in [-0.4, -0.2) is 6.54 Å². The third-order valence-electron chi connectivity index (χ3n) is 4.04. The van der Waals surface area contributed by atoms with Gasteiger partial charge in [-0.15, -0.1) is 0 Å². The second-order valence-electron chi connectivity index (χ2n) is 5.51. The zero-order valence-electron chi connectivity index (χ0n) is 13.1. The largest absolute Gasteiger partial charge is 0.313 e. The fraction of sp³-hybridized carbons (Fsp3) is 0.368. The highest BCUT2D eigenvalue weighted by atomic mass is 35.5. The summed E-state index contributed by atoms with van der Waals surface area (Å²) >= 11 is 6.18. The Labute approximate surface area is 133 Å². The van der Waals surface area contributed by atoms with Gasteiger partial charge in [-0.3, -0.25) is 0 Å². The van der Waals surface area contributed by atoms with Crippen molar-refractivity contribution in [3.05, 3.63) is 58.6 Å². The fourth-order valence-corrected chi connectivity index (χ4v) is 2.63. The van der Waals surface area contributed by atoms with Crippen LogP contribution in [0.25, 0.3) is 11.1 Å². The summed E-state index contributed by atoms with van der Waals surface area (Å²) in [4.78, 5) is 0. The molecule has 0 amide bonds. The van der Waals surface area contributed by atoms with E-state index in [0.717, 1.165) is 18.1 Å². The van der Waals surface area contributed by atoms with E-state index >= 15 is 0 Å². The van der Waals surface area contributed by atoms with Crippen molar-refractivity contribution in [3.63, 3.8) is 0 Å². The second kappa shape index (κ2) is 7.63. The maximum atomic E-state index is 6.18. The summed E-state index contributed by atoms with van der Waals surface area (Å²) in [6, 6.07) is 15.0. The summed E-state index contributed by atoms with van der Waals surface area (Å²) in [6.45, 7) is 8.46. The molecule has 0 fully saturated rings. The summed E-state index contributed by atoms with van der Waals surface area (Å²) < 4.78 is 0. The van der Waals surface area contributed by atoms with Crippen molar-refractivity contribution >= 4 is 11.6 Å². The van der Waals surface area contributed by atoms with E-state index in [1.165, 1.54) is 28.7 Å². The molecule has 2 aromatic carbocycles. The van der Waals surface area contributed by atoms with Gasteiger partial charge in [0.2, 0.25) is 0 Å². The lowest BCUT2D eigenvalue weighted by Gasteiger charge is -2.13. The van der Waals surface area contributed by atoms with E-state index in [0.29, 0.717) is 5.92 Å². The molecule has 1 unspecified atom stereocenters. The Hall–Kier alpha value is -1.31. The quantitative estimate of drug-likeness (QED) is 0.729. The number of halogens is 1. The number of nitrogens with one attached hydrogen (secondary N) is 1. The molecular formula is C19H24ClN. The highest BCUT2D eigenvalue weighted by molar-refractivity contribution is 6.30. The van der Waals surface area contributed by atoms with Crippen LogP contribution in [0.4, 0.5) is 0 Å². The molecule has 1 N–H and O–H groups in total. The lowest BCUT2D eigenvalue weighted by atomic mass is 9.94. The maximum Gasteiger partial charge on any atom is 0.0412 e. The molecule has 0 aliphatic heterocycles. The molecule has 0 spiro atoms. The van der Waals surface area contributed by atoms with Crippen LogP contribution in [0.15, 0.2) is 42.5 Å². The summed E-state index contributed by atoms with van der Waals surface area (Å²) in [5, 5.41) is 4.18. The van der Waals surface area contributed by atoms with E-state index in [9.17, 15) is 0 Å². The van der Waals surface area contributed by atoms with Crippen LogP contribution < -0.4 is 5.32 Å². The zero-order valence-corrected chi connectivity index (χ0v) is 13.9. The van der Waals surface area contributed by atoms with Gasteiger partial charge in [-0.25, -0.2) is 0 Å². The SMILES string of the molecule is CCNCc1ccc(Cl)cc1-c1ccc(C(C)CC)cc1. The molecule has 2 heteroatoms. The molecular weight excluding hydrogens is 278 g/mol. The van der Waals surface area contributed by atoms with Crippen molar-refractivity contribution < 1.29 is 0 Å². The lowest BCUT2D eigenvalue weighted by molar-refractivity contribution is 0.727. The summed E-state index contributed by atoms with van der Waals surface area (Å²) in [5.74, 6) is 0.611. The van der Waals surface area contributed by atoms with Crippen molar-refractivity contribution in [2.75, 3.05) is 6.54 Å². The summed E-state index contributed by atoms with van der Waals surface area (Å²) in [6.07, 6.45) is 1.17. The van der Waals surface area contributed by atoms with E-state index in [-0.39, 0.29) is 0 Å². The van der Waals surface area contributed by atoms with E-state index in [2.05, 4.69) is 62.5 Å². The molecule has 0 aliphatic rings. The van der Waals surface area contributed by atoms with E-state index < -0.39 is 0 Å². The molecule has 0 saturated heterocycles. The van der Waals surface area contributed by atoms with Crippen LogP contribution >= 0.6 is 11.6 Å². The molecule has 112 valence electrons. The molecule has 0 aromatic heterocycles. The minimum atomic E-state index is 0.611. The van der Waals surface area contributed by atoms with Crippen molar-refractivity contribution in [1.29, 1.82) is 0 Å². The Morgan fingerprint density at radius 2 is 1.76 bits per heavy atom. The summed E-state index contributed by atoms with van der Waals surface area (Å²) in [7, 11) is 0. The van der Waals surface area contributed by atoms with Crippen molar-refractivity contribution in [3.8, 4) is 11.1 Å². The Morgan fingerprint density at radius 3 is 2.38 bits per heavy atom. The van der Waals surface area contributed by atoms with Crippen molar-refractivity contribution in [1.82, 2.24) is 5.32 Å². The molecule has 0 radical (unpaired) electrons. The molecule has 1 atom stereocenters. The molecule has 1 nitrogen and oxygen atoms in total. The zero-order chi connectivity index (χ0) is 15.2. The predicted molar refractivity (Wildman–Crippen MR) is 93.0 cm³/mol. The molecule has 2 aromatic rings. The standard InChI is InChI=1S/C19H24ClN/c1-4-14(3)15-6-8-16(9-7-15)19-12-18(20)11-10-17(19)13-21-5-2/h6-12,14,21H,4-5,13H2,1-3H3. The average molecular weight is 302 g/mol. The second-order valence-corrected chi connectivity index (χ2v) is 5.95. The van der Waals surface area contributed by atoms with Gasteiger partial charge >= 0.3 is 0 Å². The number of benzene rings is 2. The molecule has 21 heavy (non-hydrogen) atoms. The lowest BCUT2D eigenvalue weighted by Crippen LogP contribution is -2.12. The van der Waals surface area contributed by atoms with Crippen molar-refractivity contribution in [2.24, 2.45) is 0 Å². The van der Waals surface area contributed by atoms with E-state index in [1.54, 1.807) is 0 Å². The fourth-order valence-electron chi connectivity index (χ4n) is 2.46. The van der Waals surface area contributed by atoms with Gasteiger partial charge in [0.1, 0.15) is 0 Å². The Kier molecular flexibility index (Phi) is 5.84. The molecule has 0 heterocycles. The van der Waals surface area contributed by atoms with Gasteiger partial charge in [-0.05, 0) is 53.3 Å². The van der Waals surface area contributed by atoms with Crippen LogP contribution in [0.2, 0.25) is 5.02 Å². The van der Waals surface area contributed by atoms with Crippen LogP contribution in [0.5, 0.6) is 0 Å². The molecule has 0 aliphatic carbocycles. The maximum absolute atomic E-state index is 6.18. The van der Waals surface area contributed by atoms with Crippen LogP contribution in [-0.2, 0) is 6.54 Å². The third-order valence-corrected chi connectivity index (χ3v) is 4.28. The first-order valence-electron chi connectivity index (χ1n) is 7.75. The first-order valence-corrected chi connectivity index (χ1v) is 8.13. The number of rotatable bonds is 6. The van der Waals surface area contributed by atoms with Gasteiger partial charge in [-0.1, -0.05) is 62.7 Å². The monoisotopic (exact) mass is 301 g/mol. The highest BCUT2D eigenvalue weighted by Crippen LogP contribution is 2.29. The van der Waals surface area contributed by atoms with Gasteiger partial charge < -0.3 is 5.32 Å². The first kappa shape index (κ1) is 16.1. The molecule has 2 rings (SSSR count). The minimum Gasteiger partial charge on any atom is -0.313 e. The smallest absolute Gasteiger partial charge is 0.0412 e. The van der Waals surface area contributed by atoms with Crippen LogP contribution in [0.3, 0.4) is 0 Å². The topological polar surface area (TPSA) is 12.0 Å². The van der Waals surface area contributed by atoms with Crippen LogP contribution in [0.1, 0.15) is 44.2 Å². The average Bonchev–Trinajstić information content (AvgIpc) is 2.53. The van der Waals surface area contributed by atoms with Gasteiger partial charge in [0, 0.05) is 11.6 Å². The third kappa shape index (κ3) is 4.09. The molecule has 0 saturated carbocycles. The number of hydrogen-bond donors (Lipinski definition) is 1. The Bertz CT molecular complexity index is 575. The van der Waals surface area contributed by atoms with Gasteiger partial charge in [0.15, 0.2) is 0 Å². The molecule has 0 bridgehead atoms. The first-order chi connectivity index (χ1) is 10.2. The Balaban J connectivity index is 2.33. The normalized spacial score (nSPS) is 12.4. The van der Waals surface area contributed by atoms with Crippen LogP contribution in [0, 0.1) is 0 Å². The van der Waals surface area contributed by atoms with Gasteiger partial charge in [0.25, 0.3) is 0 Å². The Morgan fingerprint density at radius 1 is 1.05 bits per heavy atom. The van der Waals surface area contributed by atoms with Gasteiger partial charge in [-0.2, -0.15) is 0 Å². The van der Waals surface area contributed by atoms with E-state index in [1.807, 2.05) is 6.07 Å². The highest BCUT2D eigenvalue weighted by Gasteiger charge is 2.08. The minimum absolute atomic E-state index is 0.611. The predicted octanol–water partition coefficient (Wildman–Crippen LogP) is 5.63. The van der Waals surface area contributed by atoms with Crippen molar-refractivity contribution in [2.45, 2.75) is 39.7 Å². The number of hydrogen-bond acceptors (Lipinski definition) is 1. The summed E-state index contributed by atoms with van der Waals surface area (Å²) in [5.41, 5.74) is 5.14.